The zero-order chi connectivity index (χ0) is 22.7. The first-order valence-electron chi connectivity index (χ1n) is 10.9. The van der Waals surface area contributed by atoms with Gasteiger partial charge in [0.15, 0.2) is 0 Å². The van der Waals surface area contributed by atoms with Gasteiger partial charge < -0.3 is 10.2 Å². The summed E-state index contributed by atoms with van der Waals surface area (Å²) in [6.07, 6.45) is 1.09. The maximum atomic E-state index is 13.3. The van der Waals surface area contributed by atoms with Crippen LogP contribution in [0, 0.1) is 13.8 Å². The fraction of sp³-hybridized carbons (Fsp3) is 0.259. The third-order valence-electron chi connectivity index (χ3n) is 6.01. The summed E-state index contributed by atoms with van der Waals surface area (Å²) in [4.78, 5) is 27.7. The molecule has 32 heavy (non-hydrogen) atoms. The highest BCUT2D eigenvalue weighted by Gasteiger charge is 2.32. The summed E-state index contributed by atoms with van der Waals surface area (Å²) < 4.78 is 0. The number of anilines is 1. The van der Waals surface area contributed by atoms with Gasteiger partial charge in [0.2, 0.25) is 11.8 Å². The number of aryl methyl sites for hydroxylation is 2. The van der Waals surface area contributed by atoms with E-state index in [9.17, 15) is 9.59 Å². The molecule has 0 aliphatic carbocycles. The number of hydrogen-bond acceptors (Lipinski definition) is 2. The van der Waals surface area contributed by atoms with Crippen molar-refractivity contribution in [2.24, 2.45) is 0 Å². The molecule has 1 aliphatic heterocycles. The van der Waals surface area contributed by atoms with Crippen molar-refractivity contribution in [3.8, 4) is 0 Å². The first kappa shape index (κ1) is 22.1. The van der Waals surface area contributed by atoms with Crippen molar-refractivity contribution in [2.75, 3.05) is 11.9 Å². The van der Waals surface area contributed by atoms with Crippen molar-refractivity contribution in [1.82, 2.24) is 4.90 Å². The Morgan fingerprint density at radius 1 is 1.00 bits per heavy atom. The number of nitrogens with one attached hydrogen (secondary N) is 1. The van der Waals surface area contributed by atoms with Crippen molar-refractivity contribution in [3.63, 3.8) is 0 Å². The van der Waals surface area contributed by atoms with E-state index in [-0.39, 0.29) is 30.7 Å². The van der Waals surface area contributed by atoms with E-state index in [1.54, 1.807) is 12.1 Å². The van der Waals surface area contributed by atoms with E-state index in [0.717, 1.165) is 12.0 Å². The molecule has 0 saturated heterocycles. The minimum absolute atomic E-state index is 0.0158. The van der Waals surface area contributed by atoms with Gasteiger partial charge >= 0.3 is 0 Å². The second-order valence-corrected chi connectivity index (χ2v) is 8.74. The van der Waals surface area contributed by atoms with E-state index in [2.05, 4.69) is 43.4 Å². The molecule has 0 spiro atoms. The first-order valence-corrected chi connectivity index (χ1v) is 11.3. The fourth-order valence-corrected chi connectivity index (χ4v) is 4.73. The molecule has 3 aromatic rings. The van der Waals surface area contributed by atoms with Crippen LogP contribution in [0.1, 0.15) is 46.7 Å². The highest BCUT2D eigenvalue weighted by molar-refractivity contribution is 6.33. The number of halogens is 1. The average molecular weight is 447 g/mol. The van der Waals surface area contributed by atoms with Gasteiger partial charge in [-0.15, -0.1) is 0 Å². The number of hydrogen-bond donors (Lipinski definition) is 1. The van der Waals surface area contributed by atoms with Crippen LogP contribution < -0.4 is 5.32 Å². The minimum Gasteiger partial charge on any atom is -0.331 e. The van der Waals surface area contributed by atoms with Crippen LogP contribution in [-0.2, 0) is 16.0 Å². The number of amides is 2. The predicted molar refractivity (Wildman–Crippen MR) is 129 cm³/mol. The third kappa shape index (κ3) is 4.71. The molecule has 2 amide bonds. The Kier molecular flexibility index (Phi) is 6.61. The van der Waals surface area contributed by atoms with Crippen LogP contribution >= 0.6 is 11.6 Å². The number of carbonyl (C=O) groups excluding carboxylic acids is 2. The van der Waals surface area contributed by atoms with Crippen LogP contribution in [0.4, 0.5) is 5.69 Å². The van der Waals surface area contributed by atoms with Crippen molar-refractivity contribution >= 4 is 29.1 Å². The third-order valence-corrected chi connectivity index (χ3v) is 6.34. The standard InChI is InChI=1S/C27H27ClN2O2/c1-18-16-19(2)21-14-15-30(27(22(21)17-18)20-8-4-3-5-9-20)26(32)13-12-25(31)29-24-11-7-6-10-23(24)28/h3-11,16-17,27H,12-15H2,1-2H3,(H,29,31). The lowest BCUT2D eigenvalue weighted by atomic mass is 9.84. The molecule has 164 valence electrons. The average Bonchev–Trinajstić information content (AvgIpc) is 2.78. The van der Waals surface area contributed by atoms with Crippen LogP contribution in [-0.4, -0.2) is 23.3 Å². The van der Waals surface area contributed by atoms with E-state index >= 15 is 0 Å². The zero-order valence-electron chi connectivity index (χ0n) is 18.4. The van der Waals surface area contributed by atoms with Gasteiger partial charge in [0.05, 0.1) is 16.8 Å². The maximum Gasteiger partial charge on any atom is 0.224 e. The van der Waals surface area contributed by atoms with Gasteiger partial charge in [-0.2, -0.15) is 0 Å². The number of carbonyl (C=O) groups is 2. The molecule has 5 heteroatoms. The van der Waals surface area contributed by atoms with Gasteiger partial charge in [0, 0.05) is 19.4 Å². The zero-order valence-corrected chi connectivity index (χ0v) is 19.2. The van der Waals surface area contributed by atoms with Gasteiger partial charge in [-0.3, -0.25) is 9.59 Å². The van der Waals surface area contributed by atoms with Crippen molar-refractivity contribution in [2.45, 2.75) is 39.2 Å². The Balaban J connectivity index is 1.54. The molecule has 1 unspecified atom stereocenters. The lowest BCUT2D eigenvalue weighted by Gasteiger charge is -2.39. The number of para-hydroxylation sites is 1. The van der Waals surface area contributed by atoms with E-state index in [4.69, 9.17) is 11.6 Å². The van der Waals surface area contributed by atoms with Crippen molar-refractivity contribution in [3.05, 3.63) is 99.6 Å². The molecule has 1 atom stereocenters. The normalized spacial score (nSPS) is 15.2. The molecule has 0 saturated carbocycles. The quantitative estimate of drug-likeness (QED) is 0.534. The smallest absolute Gasteiger partial charge is 0.224 e. The molecule has 0 radical (unpaired) electrons. The number of nitrogens with zero attached hydrogens (tertiary/aromatic N) is 1. The van der Waals surface area contributed by atoms with Crippen LogP contribution in [0.25, 0.3) is 0 Å². The highest BCUT2D eigenvalue weighted by Crippen LogP contribution is 2.37. The van der Waals surface area contributed by atoms with Crippen molar-refractivity contribution in [1.29, 1.82) is 0 Å². The molecule has 1 N–H and O–H groups in total. The second-order valence-electron chi connectivity index (χ2n) is 8.33. The summed E-state index contributed by atoms with van der Waals surface area (Å²) in [6.45, 7) is 4.88. The monoisotopic (exact) mass is 446 g/mol. The molecule has 0 bridgehead atoms. The van der Waals surface area contributed by atoms with E-state index in [0.29, 0.717) is 17.3 Å². The molecule has 1 heterocycles. The summed E-state index contributed by atoms with van der Waals surface area (Å²) in [6, 6.07) is 21.5. The number of rotatable bonds is 5. The lowest BCUT2D eigenvalue weighted by molar-refractivity contribution is -0.134. The van der Waals surface area contributed by atoms with E-state index in [1.165, 1.54) is 22.3 Å². The molecule has 0 aromatic heterocycles. The Bertz CT molecular complexity index is 1140. The molecule has 1 aliphatic rings. The van der Waals surface area contributed by atoms with Crippen molar-refractivity contribution < 1.29 is 9.59 Å². The van der Waals surface area contributed by atoms with Crippen LogP contribution in [0.2, 0.25) is 5.02 Å². The summed E-state index contributed by atoms with van der Waals surface area (Å²) in [7, 11) is 0. The highest BCUT2D eigenvalue weighted by atomic mass is 35.5. The molecule has 0 fully saturated rings. The summed E-state index contributed by atoms with van der Waals surface area (Å²) in [5.74, 6) is -0.232. The Hall–Kier alpha value is -3.11. The summed E-state index contributed by atoms with van der Waals surface area (Å²) >= 11 is 6.12. The van der Waals surface area contributed by atoms with E-state index < -0.39 is 0 Å². The largest absolute Gasteiger partial charge is 0.331 e. The molecule has 4 nitrogen and oxygen atoms in total. The van der Waals surface area contributed by atoms with Gasteiger partial charge in [0.1, 0.15) is 0 Å². The Morgan fingerprint density at radius 3 is 2.47 bits per heavy atom. The van der Waals surface area contributed by atoms with Crippen LogP contribution in [0.5, 0.6) is 0 Å². The van der Waals surface area contributed by atoms with Gasteiger partial charge in [-0.05, 0) is 54.7 Å². The first-order chi connectivity index (χ1) is 15.4. The lowest BCUT2D eigenvalue weighted by Crippen LogP contribution is -2.41. The summed E-state index contributed by atoms with van der Waals surface area (Å²) in [5, 5.41) is 3.28. The van der Waals surface area contributed by atoms with Gasteiger partial charge in [-0.25, -0.2) is 0 Å². The summed E-state index contributed by atoms with van der Waals surface area (Å²) in [5.41, 5.74) is 6.63. The van der Waals surface area contributed by atoms with Gasteiger partial charge in [0.25, 0.3) is 0 Å². The second kappa shape index (κ2) is 9.58. The number of benzene rings is 3. The molecular formula is C27H27ClN2O2. The molecule has 4 rings (SSSR count). The topological polar surface area (TPSA) is 49.4 Å². The molecule has 3 aromatic carbocycles. The molecular weight excluding hydrogens is 420 g/mol. The fourth-order valence-electron chi connectivity index (χ4n) is 4.55. The Morgan fingerprint density at radius 2 is 1.72 bits per heavy atom. The van der Waals surface area contributed by atoms with Crippen LogP contribution in [0.15, 0.2) is 66.7 Å². The number of fused-ring (bicyclic) bond motifs is 1. The SMILES string of the molecule is Cc1cc(C)c2c(c1)C(c1ccccc1)N(C(=O)CCC(=O)Nc1ccccc1Cl)CC2. The van der Waals surface area contributed by atoms with E-state index in [1.807, 2.05) is 35.2 Å². The Labute approximate surface area is 194 Å². The maximum absolute atomic E-state index is 13.3. The van der Waals surface area contributed by atoms with Crippen LogP contribution in [0.3, 0.4) is 0 Å². The van der Waals surface area contributed by atoms with Gasteiger partial charge in [-0.1, -0.05) is 71.8 Å². The minimum atomic E-state index is -0.216. The predicted octanol–water partition coefficient (Wildman–Crippen LogP) is 5.85.